The quantitative estimate of drug-likeness (QED) is 0.643. The van der Waals surface area contributed by atoms with E-state index in [1.165, 1.54) is 29.5 Å². The Kier molecular flexibility index (Phi) is 6.10. The minimum atomic E-state index is -0.339. The number of anilines is 2. The van der Waals surface area contributed by atoms with Crippen LogP contribution in [0.2, 0.25) is 0 Å². The van der Waals surface area contributed by atoms with E-state index in [0.29, 0.717) is 60.1 Å². The Labute approximate surface area is 176 Å². The van der Waals surface area contributed by atoms with E-state index >= 15 is 0 Å². The second-order valence-electron chi connectivity index (χ2n) is 7.15. The number of aliphatic hydroxyl groups excluding tert-OH is 1. The summed E-state index contributed by atoms with van der Waals surface area (Å²) in [6.07, 6.45) is 1.25. The van der Waals surface area contributed by atoms with Crippen molar-refractivity contribution in [3.8, 4) is 0 Å². The Morgan fingerprint density at radius 2 is 1.93 bits per heavy atom. The number of benzene rings is 2. The highest BCUT2D eigenvalue weighted by molar-refractivity contribution is 7.22. The zero-order valence-electron chi connectivity index (χ0n) is 16.3. The van der Waals surface area contributed by atoms with Gasteiger partial charge >= 0.3 is 6.03 Å². The zero-order valence-corrected chi connectivity index (χ0v) is 17.1. The molecule has 0 saturated carbocycles. The topological polar surface area (TPSA) is 68.7 Å². The first-order chi connectivity index (χ1) is 14.5. The molecule has 2 aromatic carbocycles. The number of amides is 2. The molecule has 9 heteroatoms. The SMILES string of the molecule is O=C(Nc1nc2ccc(F)cc2s1)N1CCN(c2ccc(CCCO)cc2F)CC1. The van der Waals surface area contributed by atoms with Crippen molar-refractivity contribution in [2.45, 2.75) is 12.8 Å². The van der Waals surface area contributed by atoms with E-state index in [1.807, 2.05) is 11.0 Å². The normalized spacial score (nSPS) is 14.4. The highest BCUT2D eigenvalue weighted by atomic mass is 32.1. The van der Waals surface area contributed by atoms with Crippen LogP contribution >= 0.6 is 11.3 Å². The lowest BCUT2D eigenvalue weighted by atomic mass is 10.1. The number of carbonyl (C=O) groups excluding carboxylic acids is 1. The summed E-state index contributed by atoms with van der Waals surface area (Å²) in [6, 6.07) is 9.20. The lowest BCUT2D eigenvalue weighted by Gasteiger charge is -2.36. The maximum absolute atomic E-state index is 14.5. The van der Waals surface area contributed by atoms with E-state index in [0.717, 1.165) is 5.56 Å². The Morgan fingerprint density at radius 3 is 2.67 bits per heavy atom. The van der Waals surface area contributed by atoms with E-state index < -0.39 is 0 Å². The van der Waals surface area contributed by atoms with Crippen LogP contribution < -0.4 is 10.2 Å². The third kappa shape index (κ3) is 4.52. The number of hydrogen-bond donors (Lipinski definition) is 2. The van der Waals surface area contributed by atoms with E-state index in [1.54, 1.807) is 17.0 Å². The van der Waals surface area contributed by atoms with Crippen LogP contribution in [-0.4, -0.2) is 53.8 Å². The number of aryl methyl sites for hydroxylation is 1. The molecular weight excluding hydrogens is 410 g/mol. The van der Waals surface area contributed by atoms with Crippen molar-refractivity contribution in [2.75, 3.05) is 43.0 Å². The standard InChI is InChI=1S/C21H22F2N4O2S/c22-15-4-5-17-19(13-15)30-20(24-17)25-21(29)27-9-7-26(8-10-27)18-6-3-14(2-1-11-28)12-16(18)23/h3-6,12-13,28H,1-2,7-11H2,(H,24,25,29). The molecule has 2 amide bonds. The van der Waals surface area contributed by atoms with Crippen LogP contribution in [0, 0.1) is 11.6 Å². The van der Waals surface area contributed by atoms with E-state index in [-0.39, 0.29) is 24.3 Å². The predicted molar refractivity (Wildman–Crippen MR) is 114 cm³/mol. The van der Waals surface area contributed by atoms with Gasteiger partial charge in [-0.2, -0.15) is 0 Å². The number of aliphatic hydroxyl groups is 1. The number of hydrogen-bond acceptors (Lipinski definition) is 5. The van der Waals surface area contributed by atoms with Gasteiger partial charge in [-0.15, -0.1) is 0 Å². The van der Waals surface area contributed by atoms with Crippen LogP contribution in [0.5, 0.6) is 0 Å². The van der Waals surface area contributed by atoms with Gasteiger partial charge in [-0.25, -0.2) is 18.6 Å². The maximum Gasteiger partial charge on any atom is 0.323 e. The Balaban J connectivity index is 1.35. The smallest absolute Gasteiger partial charge is 0.323 e. The average Bonchev–Trinajstić information content (AvgIpc) is 3.13. The average molecular weight is 432 g/mol. The van der Waals surface area contributed by atoms with Crippen molar-refractivity contribution >= 4 is 38.4 Å². The molecule has 1 aromatic heterocycles. The van der Waals surface area contributed by atoms with Gasteiger partial charge in [0, 0.05) is 32.8 Å². The number of thiazole rings is 1. The number of piperazine rings is 1. The van der Waals surface area contributed by atoms with Gasteiger partial charge in [0.1, 0.15) is 11.6 Å². The van der Waals surface area contributed by atoms with Crippen LogP contribution in [0.4, 0.5) is 24.4 Å². The summed E-state index contributed by atoms with van der Waals surface area (Å²) in [6.45, 7) is 2.03. The monoisotopic (exact) mass is 432 g/mol. The van der Waals surface area contributed by atoms with Gasteiger partial charge in [-0.05, 0) is 48.7 Å². The van der Waals surface area contributed by atoms with Gasteiger partial charge < -0.3 is 14.9 Å². The van der Waals surface area contributed by atoms with E-state index in [9.17, 15) is 13.6 Å². The first-order valence-corrected chi connectivity index (χ1v) is 10.6. The lowest BCUT2D eigenvalue weighted by molar-refractivity contribution is 0.208. The summed E-state index contributed by atoms with van der Waals surface area (Å²) >= 11 is 1.22. The molecule has 4 rings (SSSR count). The summed E-state index contributed by atoms with van der Waals surface area (Å²) < 4.78 is 28.5. The molecule has 1 aliphatic heterocycles. The van der Waals surface area contributed by atoms with Gasteiger partial charge in [-0.3, -0.25) is 5.32 Å². The lowest BCUT2D eigenvalue weighted by Crippen LogP contribution is -2.50. The van der Waals surface area contributed by atoms with Crippen molar-refractivity contribution < 1.29 is 18.7 Å². The van der Waals surface area contributed by atoms with Crippen molar-refractivity contribution in [2.24, 2.45) is 0 Å². The van der Waals surface area contributed by atoms with Gasteiger partial charge in [0.15, 0.2) is 5.13 Å². The second kappa shape index (κ2) is 8.93. The molecule has 0 unspecified atom stereocenters. The van der Waals surface area contributed by atoms with Crippen LogP contribution in [0.15, 0.2) is 36.4 Å². The molecule has 158 valence electrons. The summed E-state index contributed by atoms with van der Waals surface area (Å²) in [5.41, 5.74) is 2.02. The third-order valence-corrected chi connectivity index (χ3v) is 6.04. The summed E-state index contributed by atoms with van der Waals surface area (Å²) in [5.74, 6) is -0.626. The Hall–Kier alpha value is -2.78. The minimum absolute atomic E-state index is 0.0846. The molecule has 30 heavy (non-hydrogen) atoms. The van der Waals surface area contributed by atoms with Crippen molar-refractivity contribution in [3.63, 3.8) is 0 Å². The van der Waals surface area contributed by atoms with Crippen molar-refractivity contribution in [3.05, 3.63) is 53.6 Å². The molecule has 2 heterocycles. The minimum Gasteiger partial charge on any atom is -0.396 e. The van der Waals surface area contributed by atoms with Crippen molar-refractivity contribution in [1.82, 2.24) is 9.88 Å². The number of nitrogens with zero attached hydrogens (tertiary/aromatic N) is 3. The molecular formula is C21H22F2N4O2S. The number of fused-ring (bicyclic) bond motifs is 1. The van der Waals surface area contributed by atoms with Gasteiger partial charge in [0.05, 0.1) is 15.9 Å². The molecule has 3 aromatic rings. The number of nitrogens with one attached hydrogen (secondary N) is 1. The predicted octanol–water partition coefficient (Wildman–Crippen LogP) is 3.85. The summed E-state index contributed by atoms with van der Waals surface area (Å²) in [4.78, 5) is 20.5. The number of rotatable bonds is 5. The summed E-state index contributed by atoms with van der Waals surface area (Å²) in [5, 5.41) is 12.1. The Bertz CT molecular complexity index is 1050. The Morgan fingerprint density at radius 1 is 1.13 bits per heavy atom. The molecule has 1 fully saturated rings. The number of aromatic nitrogens is 1. The van der Waals surface area contributed by atoms with Crippen LogP contribution in [0.25, 0.3) is 10.2 Å². The molecule has 6 nitrogen and oxygen atoms in total. The molecule has 0 atom stereocenters. The van der Waals surface area contributed by atoms with Gasteiger partial charge in [0.2, 0.25) is 0 Å². The van der Waals surface area contributed by atoms with Crippen LogP contribution in [0.1, 0.15) is 12.0 Å². The number of urea groups is 1. The first-order valence-electron chi connectivity index (χ1n) is 9.80. The molecule has 0 aliphatic carbocycles. The van der Waals surface area contributed by atoms with E-state index in [2.05, 4.69) is 10.3 Å². The molecule has 2 N–H and O–H groups in total. The van der Waals surface area contributed by atoms with Crippen LogP contribution in [-0.2, 0) is 6.42 Å². The third-order valence-electron chi connectivity index (χ3n) is 5.11. The number of halogens is 2. The summed E-state index contributed by atoms with van der Waals surface area (Å²) in [7, 11) is 0. The van der Waals surface area contributed by atoms with Crippen LogP contribution in [0.3, 0.4) is 0 Å². The van der Waals surface area contributed by atoms with Gasteiger partial charge in [-0.1, -0.05) is 17.4 Å². The molecule has 0 spiro atoms. The molecule has 1 saturated heterocycles. The number of carbonyl (C=O) groups is 1. The highest BCUT2D eigenvalue weighted by Crippen LogP contribution is 2.27. The fourth-order valence-electron chi connectivity index (χ4n) is 3.52. The van der Waals surface area contributed by atoms with Crippen molar-refractivity contribution in [1.29, 1.82) is 0 Å². The fourth-order valence-corrected chi connectivity index (χ4v) is 4.40. The maximum atomic E-state index is 14.5. The fraction of sp³-hybridized carbons (Fsp3) is 0.333. The van der Waals surface area contributed by atoms with Gasteiger partial charge in [0.25, 0.3) is 0 Å². The van der Waals surface area contributed by atoms with E-state index in [4.69, 9.17) is 5.11 Å². The largest absolute Gasteiger partial charge is 0.396 e. The highest BCUT2D eigenvalue weighted by Gasteiger charge is 2.23. The first kappa shape index (κ1) is 20.5. The molecule has 0 bridgehead atoms. The molecule has 0 radical (unpaired) electrons. The zero-order chi connectivity index (χ0) is 21.1. The molecule has 1 aliphatic rings. The second-order valence-corrected chi connectivity index (χ2v) is 8.18.